The number of hydrogen-bond donors (Lipinski definition) is 0. The fourth-order valence-corrected chi connectivity index (χ4v) is 5.84. The molecule has 1 aromatic heterocycles. The number of morpholine rings is 1. The first kappa shape index (κ1) is 19.6. The molecule has 0 bridgehead atoms. The molecule has 1 aromatic rings. The summed E-state index contributed by atoms with van der Waals surface area (Å²) in [5.74, 6) is -0.811. The molecule has 0 radical (unpaired) electrons. The summed E-state index contributed by atoms with van der Waals surface area (Å²) in [4.78, 5) is 28.2. The summed E-state index contributed by atoms with van der Waals surface area (Å²) in [7, 11) is -3.81. The van der Waals surface area contributed by atoms with E-state index < -0.39 is 16.1 Å². The fourth-order valence-electron chi connectivity index (χ4n) is 3.09. The largest absolute Gasteiger partial charge is 0.378 e. The summed E-state index contributed by atoms with van der Waals surface area (Å²) in [5.41, 5.74) is 0. The zero-order valence-electron chi connectivity index (χ0n) is 14.0. The number of piperazine rings is 1. The Balaban J connectivity index is 1.89. The maximum atomic E-state index is 13.0. The van der Waals surface area contributed by atoms with Gasteiger partial charge in [-0.15, -0.1) is 11.6 Å². The number of sulfonamides is 1. The lowest BCUT2D eigenvalue weighted by Gasteiger charge is -2.41. The van der Waals surface area contributed by atoms with Gasteiger partial charge in [0.15, 0.2) is 0 Å². The minimum absolute atomic E-state index is 0.00507. The van der Waals surface area contributed by atoms with Crippen LogP contribution in [0.1, 0.15) is 0 Å². The topological polar surface area (TPSA) is 87.2 Å². The summed E-state index contributed by atoms with van der Waals surface area (Å²) in [5, 5.41) is 3.22. The number of carbonyl (C=O) groups is 2. The molecule has 2 aliphatic rings. The van der Waals surface area contributed by atoms with Crippen molar-refractivity contribution in [2.75, 3.05) is 51.8 Å². The highest BCUT2D eigenvalue weighted by Gasteiger charge is 2.43. The molecule has 0 saturated carbocycles. The number of halogens is 1. The van der Waals surface area contributed by atoms with Crippen LogP contribution in [-0.4, -0.2) is 92.2 Å². The molecule has 2 saturated heterocycles. The standard InChI is InChI=1S/C15H20ClN3O5S2/c16-9-14(20)18-2-3-19(26(22,23)12-1-8-25-11-12)13(10-18)15(21)17-4-6-24-7-5-17/h1,8,11,13H,2-7,9-10H2/t13-/m0/s1. The highest BCUT2D eigenvalue weighted by molar-refractivity contribution is 7.89. The second kappa shape index (κ2) is 8.22. The van der Waals surface area contributed by atoms with Gasteiger partial charge in [-0.3, -0.25) is 9.59 Å². The Bertz CT molecular complexity index is 749. The number of thiophene rings is 1. The van der Waals surface area contributed by atoms with Crippen molar-refractivity contribution in [1.29, 1.82) is 0 Å². The van der Waals surface area contributed by atoms with E-state index in [9.17, 15) is 18.0 Å². The van der Waals surface area contributed by atoms with Gasteiger partial charge in [-0.1, -0.05) is 0 Å². The van der Waals surface area contributed by atoms with Crippen molar-refractivity contribution in [2.24, 2.45) is 0 Å². The van der Waals surface area contributed by atoms with E-state index in [4.69, 9.17) is 16.3 Å². The molecule has 2 aliphatic heterocycles. The van der Waals surface area contributed by atoms with Crippen molar-refractivity contribution in [3.63, 3.8) is 0 Å². The molecule has 0 aliphatic carbocycles. The number of hydrogen-bond acceptors (Lipinski definition) is 6. The van der Waals surface area contributed by atoms with Crippen LogP contribution in [0.4, 0.5) is 0 Å². The molecule has 1 atom stereocenters. The Morgan fingerprint density at radius 3 is 2.54 bits per heavy atom. The molecule has 11 heteroatoms. The van der Waals surface area contributed by atoms with E-state index in [0.717, 1.165) is 0 Å². The van der Waals surface area contributed by atoms with E-state index in [-0.39, 0.29) is 42.2 Å². The van der Waals surface area contributed by atoms with Gasteiger partial charge < -0.3 is 14.5 Å². The lowest BCUT2D eigenvalue weighted by Crippen LogP contribution is -2.62. The highest BCUT2D eigenvalue weighted by Crippen LogP contribution is 2.24. The number of rotatable bonds is 4. The Labute approximate surface area is 161 Å². The summed E-state index contributed by atoms with van der Waals surface area (Å²) >= 11 is 6.91. The number of amides is 2. The van der Waals surface area contributed by atoms with E-state index in [1.807, 2.05) is 0 Å². The molecule has 2 fully saturated rings. The third kappa shape index (κ3) is 3.89. The van der Waals surface area contributed by atoms with Gasteiger partial charge in [0.25, 0.3) is 0 Å². The molecule has 144 valence electrons. The van der Waals surface area contributed by atoms with Gasteiger partial charge in [0.2, 0.25) is 21.8 Å². The van der Waals surface area contributed by atoms with Crippen LogP contribution < -0.4 is 0 Å². The van der Waals surface area contributed by atoms with Gasteiger partial charge in [0, 0.05) is 38.1 Å². The van der Waals surface area contributed by atoms with Crippen molar-refractivity contribution in [3.05, 3.63) is 16.8 Å². The van der Waals surface area contributed by atoms with Crippen molar-refractivity contribution in [3.8, 4) is 0 Å². The van der Waals surface area contributed by atoms with Crippen LogP contribution in [0.5, 0.6) is 0 Å². The Morgan fingerprint density at radius 1 is 1.19 bits per heavy atom. The first-order valence-electron chi connectivity index (χ1n) is 8.19. The minimum atomic E-state index is -3.81. The Hall–Kier alpha value is -1.20. The number of ether oxygens (including phenoxy) is 1. The molecule has 8 nitrogen and oxygen atoms in total. The average molecular weight is 422 g/mol. The Kier molecular flexibility index (Phi) is 6.18. The molecular formula is C15H20ClN3O5S2. The van der Waals surface area contributed by atoms with Crippen molar-refractivity contribution >= 4 is 44.8 Å². The van der Waals surface area contributed by atoms with Crippen LogP contribution in [0.2, 0.25) is 0 Å². The minimum Gasteiger partial charge on any atom is -0.378 e. The molecule has 0 unspecified atom stereocenters. The van der Waals surface area contributed by atoms with E-state index in [1.54, 1.807) is 15.7 Å². The lowest BCUT2D eigenvalue weighted by molar-refractivity contribution is -0.143. The first-order valence-corrected chi connectivity index (χ1v) is 11.1. The normalized spacial score (nSPS) is 22.4. The van der Waals surface area contributed by atoms with Crippen LogP contribution in [0.15, 0.2) is 21.7 Å². The van der Waals surface area contributed by atoms with Crippen LogP contribution in [0.3, 0.4) is 0 Å². The zero-order chi connectivity index (χ0) is 18.7. The molecule has 0 spiro atoms. The van der Waals surface area contributed by atoms with E-state index in [2.05, 4.69) is 0 Å². The third-order valence-electron chi connectivity index (χ3n) is 4.51. The number of nitrogens with zero attached hydrogens (tertiary/aromatic N) is 3. The molecule has 2 amide bonds. The third-order valence-corrected chi connectivity index (χ3v) is 7.47. The maximum Gasteiger partial charge on any atom is 0.244 e. The molecule has 26 heavy (non-hydrogen) atoms. The van der Waals surface area contributed by atoms with Gasteiger partial charge in [-0.2, -0.15) is 15.6 Å². The van der Waals surface area contributed by atoms with Gasteiger partial charge in [-0.05, 0) is 11.4 Å². The van der Waals surface area contributed by atoms with Crippen molar-refractivity contribution in [1.82, 2.24) is 14.1 Å². The van der Waals surface area contributed by atoms with E-state index in [1.165, 1.54) is 26.6 Å². The van der Waals surface area contributed by atoms with Gasteiger partial charge in [0.1, 0.15) is 11.9 Å². The quantitative estimate of drug-likeness (QED) is 0.641. The average Bonchev–Trinajstić information content (AvgIpc) is 3.22. The summed E-state index contributed by atoms with van der Waals surface area (Å²) in [6.07, 6.45) is 0. The van der Waals surface area contributed by atoms with E-state index >= 15 is 0 Å². The lowest BCUT2D eigenvalue weighted by atomic mass is 10.1. The second-order valence-electron chi connectivity index (χ2n) is 6.00. The summed E-state index contributed by atoms with van der Waals surface area (Å²) in [6, 6.07) is 0.561. The highest BCUT2D eigenvalue weighted by atomic mass is 35.5. The second-order valence-corrected chi connectivity index (χ2v) is 8.94. The van der Waals surface area contributed by atoms with Crippen LogP contribution in [0.25, 0.3) is 0 Å². The first-order chi connectivity index (χ1) is 12.4. The van der Waals surface area contributed by atoms with Gasteiger partial charge >= 0.3 is 0 Å². The maximum absolute atomic E-state index is 13.0. The molecule has 0 N–H and O–H groups in total. The molecule has 0 aromatic carbocycles. The monoisotopic (exact) mass is 421 g/mol. The van der Waals surface area contributed by atoms with Crippen LogP contribution in [0, 0.1) is 0 Å². The van der Waals surface area contributed by atoms with Crippen molar-refractivity contribution < 1.29 is 22.7 Å². The smallest absolute Gasteiger partial charge is 0.244 e. The van der Waals surface area contributed by atoms with Gasteiger partial charge in [-0.25, -0.2) is 8.42 Å². The molecule has 3 rings (SSSR count). The molecule has 3 heterocycles. The zero-order valence-corrected chi connectivity index (χ0v) is 16.4. The fraction of sp³-hybridized carbons (Fsp3) is 0.600. The summed E-state index contributed by atoms with van der Waals surface area (Å²) in [6.45, 7) is 1.92. The number of alkyl halides is 1. The van der Waals surface area contributed by atoms with E-state index in [0.29, 0.717) is 26.3 Å². The SMILES string of the molecule is O=C(CCl)N1CCN(S(=O)(=O)c2ccsc2)[C@H](C(=O)N2CCOCC2)C1. The molecular weight excluding hydrogens is 402 g/mol. The van der Waals surface area contributed by atoms with Crippen LogP contribution in [-0.2, 0) is 24.3 Å². The number of carbonyl (C=O) groups excluding carboxylic acids is 2. The summed E-state index contributed by atoms with van der Waals surface area (Å²) < 4.78 is 32.5. The predicted octanol–water partition coefficient (Wildman–Crippen LogP) is 0.0472. The van der Waals surface area contributed by atoms with Gasteiger partial charge in [0.05, 0.1) is 18.1 Å². The Morgan fingerprint density at radius 2 is 1.92 bits per heavy atom. The van der Waals surface area contributed by atoms with Crippen LogP contribution >= 0.6 is 22.9 Å². The van der Waals surface area contributed by atoms with Crippen molar-refractivity contribution in [2.45, 2.75) is 10.9 Å². The predicted molar refractivity (Wildman–Crippen MR) is 96.7 cm³/mol.